The van der Waals surface area contributed by atoms with Crippen molar-refractivity contribution in [2.24, 2.45) is 13.0 Å². The molecule has 41 heavy (non-hydrogen) atoms. The van der Waals surface area contributed by atoms with Crippen LogP contribution in [0.5, 0.6) is 0 Å². The minimum absolute atomic E-state index is 0.000908. The van der Waals surface area contributed by atoms with Crippen LogP contribution in [-0.2, 0) is 23.7 Å². The van der Waals surface area contributed by atoms with E-state index in [9.17, 15) is 26.7 Å². The number of nitrogens with one attached hydrogen (secondary N) is 1. The summed E-state index contributed by atoms with van der Waals surface area (Å²) in [6.45, 7) is 3.74. The zero-order valence-corrected chi connectivity index (χ0v) is 21.9. The van der Waals surface area contributed by atoms with Gasteiger partial charge in [-0.25, -0.2) is 19.9 Å². The molecule has 1 amide bonds. The highest BCUT2D eigenvalue weighted by molar-refractivity contribution is 6.09. The van der Waals surface area contributed by atoms with Crippen molar-refractivity contribution >= 4 is 28.6 Å². The molecular weight excluding hydrogens is 555 g/mol. The van der Waals surface area contributed by atoms with Crippen molar-refractivity contribution in [2.45, 2.75) is 63.0 Å². The Kier molecular flexibility index (Phi) is 5.80. The zero-order valence-electron chi connectivity index (χ0n) is 21.9. The molecule has 0 spiro atoms. The Balaban J connectivity index is 1.46. The topological polar surface area (TPSA) is 163 Å². The number of nitrogen functional groups attached to an aromatic ring is 1. The summed E-state index contributed by atoms with van der Waals surface area (Å²) in [7, 11) is 1.52. The average molecular weight is 579 g/mol. The third-order valence-electron chi connectivity index (χ3n) is 7.31. The van der Waals surface area contributed by atoms with Crippen molar-refractivity contribution < 1.29 is 31.2 Å². The number of carbonyl (C=O) groups excluding carboxylic acids is 1. The van der Waals surface area contributed by atoms with E-state index in [1.165, 1.54) is 17.9 Å². The monoisotopic (exact) mass is 578 g/mol. The van der Waals surface area contributed by atoms with Crippen LogP contribution in [0, 0.1) is 5.92 Å². The van der Waals surface area contributed by atoms with Crippen LogP contribution < -0.4 is 11.1 Å². The molecule has 12 nitrogen and oxygen atoms in total. The van der Waals surface area contributed by atoms with Crippen molar-refractivity contribution in [3.63, 3.8) is 0 Å². The molecule has 216 valence electrons. The van der Waals surface area contributed by atoms with Crippen LogP contribution in [0.25, 0.3) is 22.6 Å². The Bertz CT molecular complexity index is 1690. The quantitative estimate of drug-likeness (QED) is 0.309. The van der Waals surface area contributed by atoms with Crippen LogP contribution in [0.15, 0.2) is 10.6 Å². The van der Waals surface area contributed by atoms with Gasteiger partial charge in [0.05, 0.1) is 17.1 Å². The lowest BCUT2D eigenvalue weighted by Crippen LogP contribution is -2.39. The minimum atomic E-state index is -5.72. The van der Waals surface area contributed by atoms with E-state index in [0.29, 0.717) is 24.1 Å². The van der Waals surface area contributed by atoms with Crippen LogP contribution in [0.1, 0.15) is 62.2 Å². The molecule has 1 unspecified atom stereocenters. The number of aryl methyl sites for hydroxylation is 2. The number of aromatic nitrogens is 8. The molecule has 1 fully saturated rings. The Labute approximate surface area is 228 Å². The van der Waals surface area contributed by atoms with Gasteiger partial charge >= 0.3 is 12.1 Å². The van der Waals surface area contributed by atoms with Gasteiger partial charge in [-0.15, -0.1) is 10.2 Å². The fourth-order valence-corrected chi connectivity index (χ4v) is 5.05. The average Bonchev–Trinajstić information content (AvgIpc) is 3.36. The number of hydrogen-bond acceptors (Lipinski definition) is 10. The van der Waals surface area contributed by atoms with Gasteiger partial charge in [-0.1, -0.05) is 13.8 Å². The first-order valence-electron chi connectivity index (χ1n) is 12.7. The van der Waals surface area contributed by atoms with Gasteiger partial charge in [0.25, 0.3) is 0 Å². The molecule has 1 aliphatic carbocycles. The lowest BCUT2D eigenvalue weighted by Gasteiger charge is -2.23. The van der Waals surface area contributed by atoms with E-state index in [2.05, 4.69) is 40.5 Å². The summed E-state index contributed by atoms with van der Waals surface area (Å²) in [5.74, 6) is -5.66. The maximum absolute atomic E-state index is 13.6. The minimum Gasteiger partial charge on any atom is -0.423 e. The maximum atomic E-state index is 13.6. The Hall–Kier alpha value is -4.31. The van der Waals surface area contributed by atoms with Gasteiger partial charge in [0.2, 0.25) is 17.7 Å². The molecule has 0 saturated heterocycles. The van der Waals surface area contributed by atoms with Crippen LogP contribution in [-0.4, -0.2) is 57.9 Å². The van der Waals surface area contributed by atoms with Crippen LogP contribution in [0.3, 0.4) is 0 Å². The number of nitrogens with zero attached hydrogens (tertiary/aromatic N) is 8. The SMILES string of the molecule is CC(C)c1nnc(C2(C3CC3)C(=O)Nc3nc(-c4nc(CCC(F)(F)C(F)(F)F)nc5c4cnn5C)nc(N)c32)o1. The predicted octanol–water partition coefficient (Wildman–Crippen LogP) is 3.69. The van der Waals surface area contributed by atoms with Gasteiger partial charge in [-0.2, -0.15) is 27.1 Å². The Morgan fingerprint density at radius 1 is 1.15 bits per heavy atom. The van der Waals surface area contributed by atoms with Crippen LogP contribution >= 0.6 is 0 Å². The van der Waals surface area contributed by atoms with E-state index >= 15 is 0 Å². The highest BCUT2D eigenvalue weighted by atomic mass is 19.4. The number of nitrogens with two attached hydrogens (primary N) is 1. The lowest BCUT2D eigenvalue weighted by molar-refractivity contribution is -0.284. The maximum Gasteiger partial charge on any atom is 0.453 e. The van der Waals surface area contributed by atoms with Gasteiger partial charge in [-0.3, -0.25) is 9.48 Å². The summed E-state index contributed by atoms with van der Waals surface area (Å²) in [6.07, 6.45) is -5.30. The molecule has 6 rings (SSSR count). The summed E-state index contributed by atoms with van der Waals surface area (Å²) in [5.41, 5.74) is 5.48. The summed E-state index contributed by atoms with van der Waals surface area (Å²) in [5, 5.41) is 15.4. The van der Waals surface area contributed by atoms with E-state index in [1.807, 2.05) is 13.8 Å². The molecule has 5 heterocycles. The molecule has 17 heteroatoms. The van der Waals surface area contributed by atoms with E-state index in [-0.39, 0.29) is 57.9 Å². The second kappa shape index (κ2) is 8.84. The number of carbonyl (C=O) groups is 1. The summed E-state index contributed by atoms with van der Waals surface area (Å²) < 4.78 is 72.8. The van der Waals surface area contributed by atoms with Crippen molar-refractivity contribution in [3.05, 3.63) is 29.4 Å². The normalized spacial score (nSPS) is 19.3. The van der Waals surface area contributed by atoms with Gasteiger partial charge in [0.15, 0.2) is 16.9 Å². The number of rotatable bonds is 7. The van der Waals surface area contributed by atoms with Gasteiger partial charge in [-0.05, 0) is 18.8 Å². The highest BCUT2D eigenvalue weighted by Crippen LogP contribution is 2.57. The summed E-state index contributed by atoms with van der Waals surface area (Å²) in [4.78, 5) is 30.8. The molecule has 0 radical (unpaired) electrons. The smallest absolute Gasteiger partial charge is 0.423 e. The molecule has 1 atom stereocenters. The fraction of sp³-hybridized carbons (Fsp3) is 0.500. The van der Waals surface area contributed by atoms with Gasteiger partial charge in [0.1, 0.15) is 23.2 Å². The van der Waals surface area contributed by atoms with Crippen molar-refractivity contribution in [3.8, 4) is 11.5 Å². The number of hydrogen-bond donors (Lipinski definition) is 2. The number of amides is 1. The molecule has 0 aromatic carbocycles. The molecule has 3 N–H and O–H groups in total. The van der Waals surface area contributed by atoms with E-state index in [4.69, 9.17) is 10.2 Å². The molecule has 2 aliphatic rings. The van der Waals surface area contributed by atoms with Crippen molar-refractivity contribution in [2.75, 3.05) is 11.1 Å². The first-order chi connectivity index (χ1) is 19.2. The molecule has 1 aliphatic heterocycles. The number of alkyl halides is 5. The second-order valence-corrected chi connectivity index (χ2v) is 10.5. The largest absolute Gasteiger partial charge is 0.453 e. The van der Waals surface area contributed by atoms with Crippen molar-refractivity contribution in [1.82, 2.24) is 39.9 Å². The zero-order chi connectivity index (χ0) is 29.5. The number of halogens is 5. The summed E-state index contributed by atoms with van der Waals surface area (Å²) >= 11 is 0. The standard InChI is InChI=1S/C24H23F5N10O2/c1-9(2)19-37-38-21(41-19)23(10-4-5-10)13-15(30)34-17(35-16(13)36-20(23)40)14-11-8-31-39(3)18(11)33-12(32-14)6-7-22(25,26)24(27,28)29/h8-10H,4-7H2,1-3H3,(H3,30,34,35,36,40). The molecule has 4 aromatic heterocycles. The predicted molar refractivity (Wildman–Crippen MR) is 132 cm³/mol. The summed E-state index contributed by atoms with van der Waals surface area (Å²) in [6, 6.07) is 0. The van der Waals surface area contributed by atoms with Crippen LogP contribution in [0.2, 0.25) is 0 Å². The van der Waals surface area contributed by atoms with Crippen molar-refractivity contribution in [1.29, 1.82) is 0 Å². The van der Waals surface area contributed by atoms with E-state index < -0.39 is 36.3 Å². The third-order valence-corrected chi connectivity index (χ3v) is 7.31. The molecular formula is C24H23F5N10O2. The molecule has 1 saturated carbocycles. The fourth-order valence-electron chi connectivity index (χ4n) is 5.05. The number of fused-ring (bicyclic) bond motifs is 2. The van der Waals surface area contributed by atoms with Crippen LogP contribution in [0.4, 0.5) is 33.6 Å². The van der Waals surface area contributed by atoms with E-state index in [0.717, 1.165) is 0 Å². The molecule has 0 bridgehead atoms. The van der Waals surface area contributed by atoms with Gasteiger partial charge < -0.3 is 15.5 Å². The highest BCUT2D eigenvalue weighted by Gasteiger charge is 2.63. The Morgan fingerprint density at radius 2 is 1.88 bits per heavy atom. The molecule has 4 aromatic rings. The second-order valence-electron chi connectivity index (χ2n) is 10.5. The third kappa shape index (κ3) is 4.08. The Morgan fingerprint density at radius 3 is 2.51 bits per heavy atom. The number of anilines is 2. The van der Waals surface area contributed by atoms with Gasteiger partial charge in [0, 0.05) is 25.8 Å². The first kappa shape index (κ1) is 26.9. The van der Waals surface area contributed by atoms with E-state index in [1.54, 1.807) is 0 Å². The lowest BCUT2D eigenvalue weighted by atomic mass is 9.77. The first-order valence-corrected chi connectivity index (χ1v) is 12.7.